The monoisotopic (exact) mass is 520 g/mol. The first-order valence-corrected chi connectivity index (χ1v) is 12.8. The molecule has 7 heteroatoms. The van der Waals surface area contributed by atoms with Crippen LogP contribution in [-0.4, -0.2) is 14.7 Å². The number of anilines is 1. The molecule has 2 atom stereocenters. The number of pyridine rings is 1. The van der Waals surface area contributed by atoms with E-state index in [0.29, 0.717) is 15.2 Å². The Morgan fingerprint density at radius 3 is 2.43 bits per heavy atom. The molecule has 3 heterocycles. The topological polar surface area (TPSA) is 33.1 Å². The van der Waals surface area contributed by atoms with E-state index in [9.17, 15) is 0 Å². The number of hydrogen-bond acceptors (Lipinski definition) is 2. The summed E-state index contributed by atoms with van der Waals surface area (Å²) in [6, 6.07) is 22.3. The van der Waals surface area contributed by atoms with Gasteiger partial charge in [0.05, 0.1) is 28.5 Å². The molecular weight excluding hydrogens is 495 g/mol. The molecule has 1 N–H and O–H groups in total. The zero-order valence-corrected chi connectivity index (χ0v) is 22.1. The number of aromatic nitrogens is 2. The SMILES string of the molecule is CCc1ccc(N2C(=S)N[C@@H](c3ccccn3)[C@H]2c2cc(C)n(-c3ccc(Cl)cc3Cl)c2C)cc1. The summed E-state index contributed by atoms with van der Waals surface area (Å²) in [7, 11) is 0. The van der Waals surface area contributed by atoms with Crippen molar-refractivity contribution in [3.05, 3.63) is 111 Å². The van der Waals surface area contributed by atoms with Crippen molar-refractivity contribution in [1.29, 1.82) is 0 Å². The quantitative estimate of drug-likeness (QED) is 0.275. The van der Waals surface area contributed by atoms with Crippen LogP contribution in [0.2, 0.25) is 10.0 Å². The molecule has 0 bridgehead atoms. The van der Waals surface area contributed by atoms with Crippen molar-refractivity contribution in [2.45, 2.75) is 39.3 Å². The van der Waals surface area contributed by atoms with Gasteiger partial charge in [-0.05, 0) is 92.1 Å². The minimum Gasteiger partial charge on any atom is -0.351 e. The van der Waals surface area contributed by atoms with Gasteiger partial charge >= 0.3 is 0 Å². The van der Waals surface area contributed by atoms with E-state index in [1.807, 2.05) is 36.5 Å². The summed E-state index contributed by atoms with van der Waals surface area (Å²) in [5.41, 5.74) is 7.54. The summed E-state index contributed by atoms with van der Waals surface area (Å²) in [6.45, 7) is 6.38. The molecule has 0 radical (unpaired) electrons. The first-order chi connectivity index (χ1) is 16.9. The third kappa shape index (κ3) is 4.33. The molecule has 5 rings (SSSR count). The molecule has 0 spiro atoms. The number of benzene rings is 2. The Hall–Kier alpha value is -2.86. The van der Waals surface area contributed by atoms with E-state index in [4.69, 9.17) is 35.4 Å². The van der Waals surface area contributed by atoms with Gasteiger partial charge < -0.3 is 14.8 Å². The van der Waals surface area contributed by atoms with E-state index in [1.165, 1.54) is 5.56 Å². The second kappa shape index (κ2) is 9.65. The Kier molecular flexibility index (Phi) is 6.58. The molecule has 0 saturated carbocycles. The van der Waals surface area contributed by atoms with E-state index in [0.717, 1.165) is 40.4 Å². The van der Waals surface area contributed by atoms with Crippen LogP contribution in [0.4, 0.5) is 5.69 Å². The average Bonchev–Trinajstić information content (AvgIpc) is 3.35. The Morgan fingerprint density at radius 1 is 1.00 bits per heavy atom. The van der Waals surface area contributed by atoms with Gasteiger partial charge in [-0.2, -0.15) is 0 Å². The highest BCUT2D eigenvalue weighted by atomic mass is 35.5. The van der Waals surface area contributed by atoms with Crippen LogP contribution < -0.4 is 10.2 Å². The van der Waals surface area contributed by atoms with E-state index in [1.54, 1.807) is 6.07 Å². The second-order valence-electron chi connectivity index (χ2n) is 8.77. The Balaban J connectivity index is 1.67. The predicted octanol–water partition coefficient (Wildman–Crippen LogP) is 7.54. The lowest BCUT2D eigenvalue weighted by atomic mass is 9.96. The summed E-state index contributed by atoms with van der Waals surface area (Å²) < 4.78 is 2.18. The van der Waals surface area contributed by atoms with Crippen molar-refractivity contribution in [3.8, 4) is 5.69 Å². The van der Waals surface area contributed by atoms with Gasteiger partial charge in [-0.25, -0.2) is 0 Å². The highest BCUT2D eigenvalue weighted by molar-refractivity contribution is 7.80. The van der Waals surface area contributed by atoms with Gasteiger partial charge in [-0.1, -0.05) is 48.3 Å². The summed E-state index contributed by atoms with van der Waals surface area (Å²) in [5.74, 6) is 0. The van der Waals surface area contributed by atoms with Crippen LogP contribution >= 0.6 is 35.4 Å². The number of aryl methyl sites for hydroxylation is 2. The standard InChI is InChI=1S/C28H26Cl2N4S/c1-4-19-8-11-21(12-9-19)34-27(26(32-28(34)35)24-7-5-6-14-31-24)22-15-17(2)33(18(22)3)25-13-10-20(29)16-23(25)30/h5-16,26-27H,4H2,1-3H3,(H,32,35)/t26-,27+/m0/s1. The molecule has 1 aliphatic rings. The van der Waals surface area contributed by atoms with Crippen molar-refractivity contribution in [2.24, 2.45) is 0 Å². The van der Waals surface area contributed by atoms with Crippen LogP contribution in [0.1, 0.15) is 47.2 Å². The zero-order valence-electron chi connectivity index (χ0n) is 19.8. The average molecular weight is 522 g/mol. The van der Waals surface area contributed by atoms with Crippen LogP contribution in [0.3, 0.4) is 0 Å². The van der Waals surface area contributed by atoms with Gasteiger partial charge in [0.1, 0.15) is 0 Å². The van der Waals surface area contributed by atoms with Crippen molar-refractivity contribution in [1.82, 2.24) is 14.9 Å². The molecule has 0 unspecified atom stereocenters. The van der Waals surface area contributed by atoms with Crippen molar-refractivity contribution in [2.75, 3.05) is 4.90 Å². The summed E-state index contributed by atoms with van der Waals surface area (Å²) in [6.07, 6.45) is 2.82. The molecule has 4 nitrogen and oxygen atoms in total. The lowest BCUT2D eigenvalue weighted by Crippen LogP contribution is -2.29. The molecule has 0 amide bonds. The molecule has 1 aliphatic heterocycles. The van der Waals surface area contributed by atoms with Gasteiger partial charge in [-0.15, -0.1) is 0 Å². The molecule has 0 aliphatic carbocycles. The number of nitrogens with one attached hydrogen (secondary N) is 1. The maximum absolute atomic E-state index is 6.62. The van der Waals surface area contributed by atoms with Gasteiger partial charge in [0.25, 0.3) is 0 Å². The minimum absolute atomic E-state index is 0.0871. The smallest absolute Gasteiger partial charge is 0.174 e. The lowest BCUT2D eigenvalue weighted by Gasteiger charge is -2.28. The maximum Gasteiger partial charge on any atom is 0.174 e. The molecule has 1 saturated heterocycles. The second-order valence-corrected chi connectivity index (χ2v) is 10.0. The molecule has 35 heavy (non-hydrogen) atoms. The van der Waals surface area contributed by atoms with E-state index in [2.05, 4.69) is 70.9 Å². The fraction of sp³-hybridized carbons (Fsp3) is 0.214. The zero-order chi connectivity index (χ0) is 24.7. The number of hydrogen-bond donors (Lipinski definition) is 1. The largest absolute Gasteiger partial charge is 0.351 e. The number of halogens is 2. The number of thiocarbonyl (C=S) groups is 1. The normalized spacial score (nSPS) is 17.6. The highest BCUT2D eigenvalue weighted by Crippen LogP contribution is 2.44. The molecular formula is C28H26Cl2N4S. The summed E-state index contributed by atoms with van der Waals surface area (Å²) in [5, 5.41) is 5.46. The first-order valence-electron chi connectivity index (χ1n) is 11.6. The lowest BCUT2D eigenvalue weighted by molar-refractivity contribution is 0.565. The third-order valence-electron chi connectivity index (χ3n) is 6.66. The fourth-order valence-corrected chi connectivity index (χ4v) is 5.80. The van der Waals surface area contributed by atoms with Gasteiger partial charge in [0, 0.05) is 28.3 Å². The predicted molar refractivity (Wildman–Crippen MR) is 149 cm³/mol. The van der Waals surface area contributed by atoms with Crippen LogP contribution in [0.25, 0.3) is 5.69 Å². The van der Waals surface area contributed by atoms with E-state index >= 15 is 0 Å². The van der Waals surface area contributed by atoms with Gasteiger partial charge in [0.2, 0.25) is 0 Å². The Bertz CT molecular complexity index is 1380. The van der Waals surface area contributed by atoms with Crippen LogP contribution in [-0.2, 0) is 6.42 Å². The Morgan fingerprint density at radius 2 is 1.77 bits per heavy atom. The maximum atomic E-state index is 6.62. The molecule has 2 aromatic carbocycles. The summed E-state index contributed by atoms with van der Waals surface area (Å²) >= 11 is 18.7. The molecule has 178 valence electrons. The van der Waals surface area contributed by atoms with Crippen molar-refractivity contribution < 1.29 is 0 Å². The molecule has 4 aromatic rings. The molecule has 2 aromatic heterocycles. The van der Waals surface area contributed by atoms with Crippen LogP contribution in [0.5, 0.6) is 0 Å². The number of nitrogens with zero attached hydrogens (tertiary/aromatic N) is 3. The third-order valence-corrected chi connectivity index (χ3v) is 7.51. The molecule has 1 fully saturated rings. The fourth-order valence-electron chi connectivity index (χ4n) is 4.96. The van der Waals surface area contributed by atoms with Crippen molar-refractivity contribution in [3.63, 3.8) is 0 Å². The minimum atomic E-state index is -0.107. The van der Waals surface area contributed by atoms with Crippen LogP contribution in [0, 0.1) is 13.8 Å². The highest BCUT2D eigenvalue weighted by Gasteiger charge is 2.42. The van der Waals surface area contributed by atoms with E-state index < -0.39 is 0 Å². The van der Waals surface area contributed by atoms with Gasteiger partial charge in [-0.3, -0.25) is 4.98 Å². The van der Waals surface area contributed by atoms with Gasteiger partial charge in [0.15, 0.2) is 5.11 Å². The summed E-state index contributed by atoms with van der Waals surface area (Å²) in [4.78, 5) is 6.89. The van der Waals surface area contributed by atoms with Crippen molar-refractivity contribution >= 4 is 46.2 Å². The first kappa shape index (κ1) is 23.9. The van der Waals surface area contributed by atoms with E-state index in [-0.39, 0.29) is 12.1 Å². The number of rotatable bonds is 5. The Labute approximate surface area is 221 Å². The van der Waals surface area contributed by atoms with Crippen LogP contribution in [0.15, 0.2) is 72.9 Å².